The third kappa shape index (κ3) is 5.20. The lowest BCUT2D eigenvalue weighted by Gasteiger charge is -2.16. The second-order valence-corrected chi connectivity index (χ2v) is 7.81. The van der Waals surface area contributed by atoms with Crippen LogP contribution in [0.3, 0.4) is 0 Å². The van der Waals surface area contributed by atoms with E-state index in [1.165, 1.54) is 4.68 Å². The number of nitrogens with one attached hydrogen (secondary N) is 1. The lowest BCUT2D eigenvalue weighted by molar-refractivity contribution is -0.121. The number of ether oxygens (including phenoxy) is 1. The van der Waals surface area contributed by atoms with Crippen molar-refractivity contribution >= 4 is 5.91 Å². The summed E-state index contributed by atoms with van der Waals surface area (Å²) in [5.41, 5.74) is 1.91. The molecule has 0 saturated heterocycles. The predicted molar refractivity (Wildman–Crippen MR) is 116 cm³/mol. The highest BCUT2D eigenvalue weighted by atomic mass is 16.5. The molecule has 1 unspecified atom stereocenters. The lowest BCUT2D eigenvalue weighted by atomic mass is 10.1. The van der Waals surface area contributed by atoms with Gasteiger partial charge in [-0.1, -0.05) is 18.2 Å². The highest BCUT2D eigenvalue weighted by molar-refractivity contribution is 5.76. The van der Waals surface area contributed by atoms with Gasteiger partial charge in [0.2, 0.25) is 5.91 Å². The fourth-order valence-electron chi connectivity index (χ4n) is 3.92. The van der Waals surface area contributed by atoms with Crippen LogP contribution in [0.4, 0.5) is 0 Å². The first-order chi connectivity index (χ1) is 15.1. The van der Waals surface area contributed by atoms with E-state index in [0.717, 1.165) is 35.5 Å². The van der Waals surface area contributed by atoms with Gasteiger partial charge in [-0.15, -0.1) is 0 Å². The van der Waals surface area contributed by atoms with Crippen LogP contribution in [0.2, 0.25) is 0 Å². The topological polar surface area (TPSA) is 91.0 Å². The number of fused-ring (bicyclic) bond motifs is 1. The number of aromatic nitrogens is 4. The molecule has 1 N–H and O–H groups in total. The Morgan fingerprint density at radius 3 is 2.90 bits per heavy atom. The lowest BCUT2D eigenvalue weighted by Crippen LogP contribution is -2.36. The third-order valence-corrected chi connectivity index (χ3v) is 5.61. The van der Waals surface area contributed by atoms with E-state index in [1.807, 2.05) is 36.4 Å². The number of carbonyl (C=O) groups excluding carboxylic acids is 1. The molecule has 8 nitrogen and oxygen atoms in total. The normalized spacial score (nSPS) is 15.7. The van der Waals surface area contributed by atoms with Crippen molar-refractivity contribution < 1.29 is 9.53 Å². The van der Waals surface area contributed by atoms with E-state index in [2.05, 4.69) is 15.4 Å². The van der Waals surface area contributed by atoms with Crippen molar-refractivity contribution in [3.63, 3.8) is 0 Å². The average molecular weight is 422 g/mol. The number of nitrogens with zero attached hydrogens (tertiary/aromatic N) is 4. The Bertz CT molecular complexity index is 1090. The van der Waals surface area contributed by atoms with E-state index in [0.29, 0.717) is 32.4 Å². The number of carbonyl (C=O) groups is 1. The molecule has 8 heteroatoms. The van der Waals surface area contributed by atoms with Crippen LogP contribution in [0, 0.1) is 0 Å². The van der Waals surface area contributed by atoms with E-state index < -0.39 is 0 Å². The maximum Gasteiger partial charge on any atom is 0.346 e. The molecule has 4 rings (SSSR count). The van der Waals surface area contributed by atoms with Crippen LogP contribution in [0.25, 0.3) is 0 Å². The zero-order valence-corrected chi connectivity index (χ0v) is 17.7. The molecular weight excluding hydrogens is 394 g/mol. The summed E-state index contributed by atoms with van der Waals surface area (Å²) in [5.74, 6) is 1.57. The number of hydrogen-bond acceptors (Lipinski definition) is 5. The molecule has 0 saturated carbocycles. The summed E-state index contributed by atoms with van der Waals surface area (Å²) in [6.07, 6.45) is 6.76. The minimum atomic E-state index is -0.110. The summed E-state index contributed by atoms with van der Waals surface area (Å²) in [6.45, 7) is 0.963. The van der Waals surface area contributed by atoms with Gasteiger partial charge in [0, 0.05) is 37.8 Å². The van der Waals surface area contributed by atoms with Crippen LogP contribution in [-0.4, -0.2) is 38.4 Å². The van der Waals surface area contributed by atoms with E-state index in [9.17, 15) is 9.59 Å². The molecule has 31 heavy (non-hydrogen) atoms. The van der Waals surface area contributed by atoms with Gasteiger partial charge < -0.3 is 10.1 Å². The monoisotopic (exact) mass is 421 g/mol. The molecule has 162 valence electrons. The Balaban J connectivity index is 1.34. The van der Waals surface area contributed by atoms with Gasteiger partial charge in [0.25, 0.3) is 0 Å². The quantitative estimate of drug-likeness (QED) is 0.630. The van der Waals surface area contributed by atoms with Crippen molar-refractivity contribution in [2.45, 2.75) is 51.2 Å². The van der Waals surface area contributed by atoms with Gasteiger partial charge in [0.1, 0.15) is 11.6 Å². The molecule has 1 amide bonds. The summed E-state index contributed by atoms with van der Waals surface area (Å²) in [6, 6.07) is 11.5. The Hall–Kier alpha value is -3.42. The first kappa shape index (κ1) is 20.8. The first-order valence-electron chi connectivity index (χ1n) is 10.6. The smallest absolute Gasteiger partial charge is 0.346 e. The van der Waals surface area contributed by atoms with E-state index in [-0.39, 0.29) is 17.6 Å². The summed E-state index contributed by atoms with van der Waals surface area (Å²) in [7, 11) is 1.62. The zero-order valence-electron chi connectivity index (χ0n) is 17.7. The first-order valence-corrected chi connectivity index (χ1v) is 10.6. The van der Waals surface area contributed by atoms with Gasteiger partial charge in [-0.3, -0.25) is 14.3 Å². The molecule has 0 bridgehead atoms. The number of aryl methyl sites for hydroxylation is 2. The molecule has 0 fully saturated rings. The second-order valence-electron chi connectivity index (χ2n) is 7.81. The molecule has 1 atom stereocenters. The number of pyridine rings is 1. The maximum absolute atomic E-state index is 12.9. The zero-order chi connectivity index (χ0) is 21.6. The van der Waals surface area contributed by atoms with Crippen LogP contribution in [-0.2, 0) is 30.7 Å². The second kappa shape index (κ2) is 9.59. The predicted octanol–water partition coefficient (Wildman–Crippen LogP) is 1.95. The number of benzene rings is 1. The van der Waals surface area contributed by atoms with Crippen molar-refractivity contribution in [3.8, 4) is 5.75 Å². The molecule has 1 aromatic carbocycles. The van der Waals surface area contributed by atoms with Crippen LogP contribution >= 0.6 is 0 Å². The van der Waals surface area contributed by atoms with Gasteiger partial charge >= 0.3 is 5.69 Å². The summed E-state index contributed by atoms with van der Waals surface area (Å²) in [4.78, 5) is 29.3. The molecule has 0 spiro atoms. The fourth-order valence-corrected chi connectivity index (χ4v) is 3.92. The van der Waals surface area contributed by atoms with Gasteiger partial charge in [-0.05, 0) is 48.6 Å². The van der Waals surface area contributed by atoms with Crippen molar-refractivity contribution in [1.82, 2.24) is 24.6 Å². The minimum absolute atomic E-state index is 0.0313. The average Bonchev–Trinajstić information content (AvgIpc) is 2.95. The van der Waals surface area contributed by atoms with Crippen molar-refractivity contribution in [3.05, 3.63) is 76.2 Å². The highest BCUT2D eigenvalue weighted by Gasteiger charge is 2.22. The molecule has 1 aliphatic heterocycles. The molecular formula is C23H27N5O3. The number of amides is 1. The summed E-state index contributed by atoms with van der Waals surface area (Å²) >= 11 is 0. The van der Waals surface area contributed by atoms with Crippen molar-refractivity contribution in [1.29, 1.82) is 0 Å². The number of rotatable bonds is 7. The van der Waals surface area contributed by atoms with E-state index in [4.69, 9.17) is 4.74 Å². The molecule has 3 aromatic rings. The Kier molecular flexibility index (Phi) is 6.45. The van der Waals surface area contributed by atoms with E-state index in [1.54, 1.807) is 24.1 Å². The van der Waals surface area contributed by atoms with E-state index >= 15 is 0 Å². The summed E-state index contributed by atoms with van der Waals surface area (Å²) in [5, 5.41) is 7.67. The van der Waals surface area contributed by atoms with Crippen LogP contribution in [0.1, 0.15) is 36.2 Å². The van der Waals surface area contributed by atoms with Gasteiger partial charge in [-0.2, -0.15) is 5.10 Å². The standard InChI is InChI=1S/C23H27N5O3/c1-31-20-6-2-4-18(14-20)16-28-23(30)27-13-11-19(8-9-21(27)26-28)25-22(29)10-7-17-5-3-12-24-15-17/h2-6,12,14-15,19H,7-11,13,16H2,1H3,(H,25,29). The van der Waals surface area contributed by atoms with Gasteiger partial charge in [0.05, 0.1) is 13.7 Å². The van der Waals surface area contributed by atoms with Gasteiger partial charge in [-0.25, -0.2) is 9.48 Å². The van der Waals surface area contributed by atoms with Crippen molar-refractivity contribution in [2.75, 3.05) is 7.11 Å². The molecule has 2 aromatic heterocycles. The highest BCUT2D eigenvalue weighted by Crippen LogP contribution is 2.15. The Labute approximate surface area is 180 Å². The summed E-state index contributed by atoms with van der Waals surface area (Å²) < 4.78 is 8.50. The number of methoxy groups -OCH3 is 1. The maximum atomic E-state index is 12.9. The molecule has 0 radical (unpaired) electrons. The van der Waals surface area contributed by atoms with Crippen LogP contribution < -0.4 is 15.7 Å². The minimum Gasteiger partial charge on any atom is -0.497 e. The Morgan fingerprint density at radius 2 is 2.10 bits per heavy atom. The number of hydrogen-bond donors (Lipinski definition) is 1. The van der Waals surface area contributed by atoms with Crippen molar-refractivity contribution in [2.24, 2.45) is 0 Å². The molecule has 3 heterocycles. The molecule has 0 aliphatic carbocycles. The van der Waals surface area contributed by atoms with Crippen LogP contribution in [0.5, 0.6) is 5.75 Å². The molecule has 1 aliphatic rings. The van der Waals surface area contributed by atoms with Gasteiger partial charge in [0.15, 0.2) is 0 Å². The largest absolute Gasteiger partial charge is 0.497 e. The Morgan fingerprint density at radius 1 is 1.23 bits per heavy atom. The SMILES string of the molecule is COc1cccc(Cn2nc3n(c2=O)CCC(NC(=O)CCc2cccnc2)CC3)c1. The fraction of sp³-hybridized carbons (Fsp3) is 0.391. The van der Waals surface area contributed by atoms with Crippen LogP contribution in [0.15, 0.2) is 53.6 Å². The third-order valence-electron chi connectivity index (χ3n) is 5.61.